The number of aliphatic hydroxyl groups is 1. The fourth-order valence-corrected chi connectivity index (χ4v) is 7.94. The Balaban J connectivity index is 1.38. The largest absolute Gasteiger partial charge is 0.443 e. The van der Waals surface area contributed by atoms with Gasteiger partial charge in [0.2, 0.25) is 10.0 Å². The van der Waals surface area contributed by atoms with Crippen LogP contribution in [0.1, 0.15) is 45.1 Å². The van der Waals surface area contributed by atoms with Crippen molar-refractivity contribution >= 4 is 28.9 Å². The van der Waals surface area contributed by atoms with E-state index in [1.54, 1.807) is 18.2 Å². The molecule has 3 aliphatic heterocycles. The Labute approximate surface area is 278 Å². The summed E-state index contributed by atoms with van der Waals surface area (Å²) in [7, 11) is -2.37. The van der Waals surface area contributed by atoms with Crippen LogP contribution in [0.4, 0.5) is 10.5 Å². The topological polar surface area (TPSA) is 154 Å². The minimum Gasteiger partial charge on any atom is -0.443 e. The first-order chi connectivity index (χ1) is 22.5. The first-order valence-corrected chi connectivity index (χ1v) is 17.6. The van der Waals surface area contributed by atoms with E-state index in [1.165, 1.54) is 4.31 Å². The van der Waals surface area contributed by atoms with E-state index < -0.39 is 39.8 Å². The van der Waals surface area contributed by atoms with E-state index in [0.717, 1.165) is 12.0 Å². The average Bonchev–Trinajstić information content (AvgIpc) is 3.68. The van der Waals surface area contributed by atoms with Crippen LogP contribution in [0.15, 0.2) is 59.5 Å². The number of anilines is 1. The lowest BCUT2D eigenvalue weighted by Gasteiger charge is -2.35. The Kier molecular flexibility index (Phi) is 11.5. The average molecular weight is 669 g/mol. The summed E-state index contributed by atoms with van der Waals surface area (Å²) in [5.74, 6) is -0.0524. The predicted molar refractivity (Wildman–Crippen MR) is 176 cm³/mol. The van der Waals surface area contributed by atoms with Crippen LogP contribution in [0.25, 0.3) is 0 Å². The molecule has 1 amide bonds. The summed E-state index contributed by atoms with van der Waals surface area (Å²) >= 11 is 0. The second-order valence-electron chi connectivity index (χ2n) is 13.3. The monoisotopic (exact) mass is 668 g/mol. The number of fused-ring (bicyclic) bond motifs is 1. The van der Waals surface area contributed by atoms with Gasteiger partial charge in [0.15, 0.2) is 6.29 Å². The van der Waals surface area contributed by atoms with Crippen molar-refractivity contribution in [3.8, 4) is 6.07 Å². The van der Waals surface area contributed by atoms with E-state index >= 15 is 0 Å². The lowest BCUT2D eigenvalue weighted by molar-refractivity contribution is -0.0907. The SMILES string of the molecule is CN(B1CO1)c1cccc(S(=O)(=O)N(CC(O)C(Cc2ccccc2)NC(=O)OC2COC3OCCC23)CC(C)(C)CCCC#N)c1. The molecule has 254 valence electrons. The molecule has 5 atom stereocenters. The number of hydrogen-bond donors (Lipinski definition) is 2. The van der Waals surface area contributed by atoms with Crippen LogP contribution in [-0.2, 0) is 35.3 Å². The lowest BCUT2D eigenvalue weighted by Crippen LogP contribution is -2.52. The molecule has 12 nitrogen and oxygen atoms in total. The van der Waals surface area contributed by atoms with Gasteiger partial charge in [-0.3, -0.25) is 0 Å². The number of carbonyl (C=O) groups excluding carboxylic acids is 1. The summed E-state index contributed by atoms with van der Waals surface area (Å²) in [6, 6.07) is 17.3. The first kappa shape index (κ1) is 35.1. The Hall–Kier alpha value is -3.19. The molecule has 5 unspecified atom stereocenters. The molecule has 0 saturated carbocycles. The molecule has 5 rings (SSSR count). The van der Waals surface area contributed by atoms with Gasteiger partial charge in [-0.25, -0.2) is 13.2 Å². The van der Waals surface area contributed by atoms with E-state index in [-0.39, 0.29) is 50.3 Å². The summed E-state index contributed by atoms with van der Waals surface area (Å²) in [6.07, 6.45) is -0.313. The van der Waals surface area contributed by atoms with Gasteiger partial charge in [0.05, 0.1) is 48.7 Å². The number of aliphatic hydroxyl groups excluding tert-OH is 1. The number of nitrogens with zero attached hydrogens (tertiary/aromatic N) is 3. The normalized spacial score (nSPS) is 22.0. The number of ether oxygens (including phenoxy) is 3. The van der Waals surface area contributed by atoms with Crippen molar-refractivity contribution in [3.63, 3.8) is 0 Å². The highest BCUT2D eigenvalue weighted by molar-refractivity contribution is 7.89. The Morgan fingerprint density at radius 1 is 1.21 bits per heavy atom. The zero-order chi connectivity index (χ0) is 33.6. The van der Waals surface area contributed by atoms with E-state index in [4.69, 9.17) is 24.1 Å². The molecule has 2 N–H and O–H groups in total. The van der Waals surface area contributed by atoms with Crippen LogP contribution < -0.4 is 10.1 Å². The van der Waals surface area contributed by atoms with Gasteiger partial charge in [-0.2, -0.15) is 9.57 Å². The minimum absolute atomic E-state index is 0.0524. The number of nitrogens with one attached hydrogen (secondary N) is 1. The number of sulfonamides is 1. The molecule has 0 aliphatic carbocycles. The number of amides is 1. The van der Waals surface area contributed by atoms with Crippen LogP contribution in [0.3, 0.4) is 0 Å². The van der Waals surface area contributed by atoms with Crippen molar-refractivity contribution in [2.45, 2.75) is 75.4 Å². The second kappa shape index (κ2) is 15.4. The summed E-state index contributed by atoms with van der Waals surface area (Å²) in [4.78, 5) is 15.2. The molecule has 3 aliphatic rings. The van der Waals surface area contributed by atoms with Gasteiger partial charge in [-0.1, -0.05) is 50.2 Å². The highest BCUT2D eigenvalue weighted by Crippen LogP contribution is 2.33. The van der Waals surface area contributed by atoms with Gasteiger partial charge in [-0.15, -0.1) is 0 Å². The molecule has 0 aromatic heterocycles. The zero-order valence-corrected chi connectivity index (χ0v) is 28.1. The standard InChI is InChI=1S/C33H45BN4O8S/c1-33(2,15-7-8-16-35)22-38(47(41,42)26-13-9-12-25(19-26)37(3)34-23-45-34)20-29(39)28(18-24-10-5-4-6-11-24)36-32(40)46-30-21-44-31-27(30)14-17-43-31/h4-6,9-13,19,27-31,39H,7-8,14-15,17-18,20-23H2,1-3H3,(H,36,40). The molecule has 2 aromatic carbocycles. The highest BCUT2D eigenvalue weighted by Gasteiger charge is 2.44. The molecule has 0 radical (unpaired) electrons. The van der Waals surface area contributed by atoms with Gasteiger partial charge in [0.1, 0.15) is 6.10 Å². The molecule has 3 heterocycles. The quantitative estimate of drug-likeness (QED) is 0.155. The van der Waals surface area contributed by atoms with Crippen molar-refractivity contribution in [3.05, 3.63) is 60.2 Å². The van der Waals surface area contributed by atoms with E-state index in [0.29, 0.717) is 38.1 Å². The predicted octanol–water partition coefficient (Wildman–Crippen LogP) is 3.35. The van der Waals surface area contributed by atoms with Crippen LogP contribution in [0.2, 0.25) is 0 Å². The first-order valence-electron chi connectivity index (χ1n) is 16.2. The molecule has 47 heavy (non-hydrogen) atoms. The Morgan fingerprint density at radius 3 is 2.70 bits per heavy atom. The number of unbranched alkanes of at least 4 members (excludes halogenated alkanes) is 1. The molecule has 3 saturated heterocycles. The number of carbonyl (C=O) groups is 1. The van der Waals surface area contributed by atoms with Crippen molar-refractivity contribution < 1.29 is 37.2 Å². The third kappa shape index (κ3) is 9.25. The van der Waals surface area contributed by atoms with Crippen LogP contribution in [0.5, 0.6) is 0 Å². The molecule has 14 heteroatoms. The Morgan fingerprint density at radius 2 is 1.98 bits per heavy atom. The van der Waals surface area contributed by atoms with Gasteiger partial charge >= 0.3 is 13.1 Å². The summed E-state index contributed by atoms with van der Waals surface area (Å²) in [5, 5.41) is 23.7. The highest BCUT2D eigenvalue weighted by atomic mass is 32.2. The van der Waals surface area contributed by atoms with Crippen molar-refractivity contribution in [1.82, 2.24) is 9.62 Å². The second-order valence-corrected chi connectivity index (χ2v) is 15.3. The molecule has 3 fully saturated rings. The number of hydrogen-bond acceptors (Lipinski definition) is 10. The minimum atomic E-state index is -4.12. The van der Waals surface area contributed by atoms with Crippen LogP contribution >= 0.6 is 0 Å². The van der Waals surface area contributed by atoms with Crippen molar-refractivity contribution in [2.24, 2.45) is 11.3 Å². The summed E-state index contributed by atoms with van der Waals surface area (Å²) < 4.78 is 52.3. The number of nitriles is 1. The zero-order valence-electron chi connectivity index (χ0n) is 27.3. The molecule has 0 spiro atoms. The van der Waals surface area contributed by atoms with Crippen LogP contribution in [0, 0.1) is 22.7 Å². The van der Waals surface area contributed by atoms with Crippen molar-refractivity contribution in [1.29, 1.82) is 5.26 Å². The van der Waals surface area contributed by atoms with Gasteiger partial charge < -0.3 is 34.1 Å². The number of rotatable bonds is 16. The Bertz CT molecular complexity index is 1500. The van der Waals surface area contributed by atoms with Gasteiger partial charge in [-0.05, 0) is 61.9 Å². The molecular weight excluding hydrogens is 623 g/mol. The maximum Gasteiger partial charge on any atom is 0.440 e. The molecule has 2 aromatic rings. The van der Waals surface area contributed by atoms with E-state index in [1.807, 2.05) is 62.1 Å². The lowest BCUT2D eigenvalue weighted by atomic mass is 9.87. The van der Waals surface area contributed by atoms with Gasteiger partial charge in [0.25, 0.3) is 0 Å². The molecule has 0 bridgehead atoms. The van der Waals surface area contributed by atoms with Crippen LogP contribution in [-0.4, -0.2) is 95.4 Å². The van der Waals surface area contributed by atoms with E-state index in [9.17, 15) is 18.3 Å². The maximum atomic E-state index is 14.3. The van der Waals surface area contributed by atoms with E-state index in [2.05, 4.69) is 11.4 Å². The third-order valence-electron chi connectivity index (χ3n) is 9.06. The van der Waals surface area contributed by atoms with Gasteiger partial charge in [0, 0.05) is 25.2 Å². The third-order valence-corrected chi connectivity index (χ3v) is 10.9. The summed E-state index contributed by atoms with van der Waals surface area (Å²) in [6.45, 7) is 5.06. The fourth-order valence-electron chi connectivity index (χ4n) is 6.25. The fraction of sp³-hybridized carbons (Fsp3) is 0.576. The number of alkyl carbamates (subject to hydrolysis) is 1. The van der Waals surface area contributed by atoms with Crippen molar-refractivity contribution in [2.75, 3.05) is 44.7 Å². The summed E-state index contributed by atoms with van der Waals surface area (Å²) in [5.41, 5.74) is 1.04. The smallest absolute Gasteiger partial charge is 0.440 e. The molecular formula is C33H45BN4O8S. The number of benzene rings is 2. The maximum absolute atomic E-state index is 14.3.